The van der Waals surface area contributed by atoms with E-state index in [9.17, 15) is 0 Å². The van der Waals surface area contributed by atoms with Crippen molar-refractivity contribution < 1.29 is 0 Å². The average Bonchev–Trinajstić information content (AvgIpc) is 2.17. The molecule has 8 heavy (non-hydrogen) atoms. The molecule has 0 aliphatic heterocycles. The van der Waals surface area contributed by atoms with Crippen LogP contribution in [0, 0.1) is 11.5 Å². The van der Waals surface area contributed by atoms with Crippen molar-refractivity contribution >= 4 is 0 Å². The quantitative estimate of drug-likeness (QED) is 0.359. The zero-order valence-corrected chi connectivity index (χ0v) is 4.20. The summed E-state index contributed by atoms with van der Waals surface area (Å²) in [5.41, 5.74) is 4.15. The first-order valence-electron chi connectivity index (χ1n) is 1.94. The predicted octanol–water partition coefficient (Wildman–Crippen LogP) is -0.164. The van der Waals surface area contributed by atoms with E-state index in [0.717, 1.165) is 0 Å². The zero-order chi connectivity index (χ0) is 6.24. The third kappa shape index (κ3) is 4.50. The van der Waals surface area contributed by atoms with Crippen molar-refractivity contribution in [2.24, 2.45) is 5.73 Å². The van der Waals surface area contributed by atoms with E-state index in [2.05, 4.69) is 15.7 Å². The Morgan fingerprint density at radius 2 is 2.38 bits per heavy atom. The van der Waals surface area contributed by atoms with Crippen molar-refractivity contribution in [2.45, 2.75) is 0 Å². The van der Waals surface area contributed by atoms with Gasteiger partial charge in [0.1, 0.15) is 0 Å². The first kappa shape index (κ1) is 6.50. The van der Waals surface area contributed by atoms with E-state index in [0.29, 0.717) is 0 Å². The highest BCUT2D eigenvalue weighted by atomic mass is 14.8. The summed E-state index contributed by atoms with van der Waals surface area (Å²) >= 11 is 0. The SMILES string of the molecule is N#CN.c1c[nH]cn1. The van der Waals surface area contributed by atoms with E-state index < -0.39 is 0 Å². The molecule has 0 aliphatic carbocycles. The van der Waals surface area contributed by atoms with Gasteiger partial charge in [-0.3, -0.25) is 0 Å². The molecular weight excluding hydrogens is 104 g/mol. The molecule has 0 aromatic carbocycles. The van der Waals surface area contributed by atoms with E-state index >= 15 is 0 Å². The van der Waals surface area contributed by atoms with Crippen LogP contribution >= 0.6 is 0 Å². The van der Waals surface area contributed by atoms with E-state index in [1.54, 1.807) is 18.7 Å². The lowest BCUT2D eigenvalue weighted by molar-refractivity contribution is 1.31. The van der Waals surface area contributed by atoms with Crippen LogP contribution in [0.3, 0.4) is 0 Å². The van der Waals surface area contributed by atoms with Crippen LogP contribution in [-0.2, 0) is 0 Å². The number of nitrogens with zero attached hydrogens (tertiary/aromatic N) is 2. The molecule has 0 radical (unpaired) electrons. The summed E-state index contributed by atoms with van der Waals surface area (Å²) in [6, 6.07) is 0. The molecule has 1 rings (SSSR count). The van der Waals surface area contributed by atoms with Gasteiger partial charge in [0.2, 0.25) is 0 Å². The number of nitrogens with two attached hydrogens (primary N) is 1. The number of nitriles is 1. The van der Waals surface area contributed by atoms with Gasteiger partial charge < -0.3 is 10.7 Å². The second-order valence-electron chi connectivity index (χ2n) is 0.890. The zero-order valence-electron chi connectivity index (χ0n) is 4.20. The Bertz CT molecular complexity index is 120. The molecule has 42 valence electrons. The van der Waals surface area contributed by atoms with Crippen LogP contribution in [0.2, 0.25) is 0 Å². The van der Waals surface area contributed by atoms with Crippen LogP contribution in [0.5, 0.6) is 0 Å². The molecule has 4 heteroatoms. The van der Waals surface area contributed by atoms with Crippen LogP contribution in [0.15, 0.2) is 18.7 Å². The number of hydrogen-bond acceptors (Lipinski definition) is 3. The molecule has 0 amide bonds. The van der Waals surface area contributed by atoms with Gasteiger partial charge in [0, 0.05) is 12.4 Å². The van der Waals surface area contributed by atoms with Crippen molar-refractivity contribution in [3.05, 3.63) is 18.7 Å². The Hall–Kier alpha value is -1.50. The van der Waals surface area contributed by atoms with E-state index in [1.807, 2.05) is 0 Å². The van der Waals surface area contributed by atoms with Crippen molar-refractivity contribution in [1.29, 1.82) is 5.26 Å². The van der Waals surface area contributed by atoms with E-state index in [1.165, 1.54) is 6.19 Å². The molecule has 0 atom stereocenters. The Morgan fingerprint density at radius 1 is 1.75 bits per heavy atom. The number of hydrogen-bond donors (Lipinski definition) is 2. The summed E-state index contributed by atoms with van der Waals surface area (Å²) in [7, 11) is 0. The Labute approximate surface area is 47.0 Å². The summed E-state index contributed by atoms with van der Waals surface area (Å²) in [6.45, 7) is 0. The summed E-state index contributed by atoms with van der Waals surface area (Å²) in [5, 5.41) is 7.10. The summed E-state index contributed by atoms with van der Waals surface area (Å²) in [5.74, 6) is 0. The van der Waals surface area contributed by atoms with Crippen molar-refractivity contribution in [2.75, 3.05) is 0 Å². The first-order chi connectivity index (χ1) is 3.91. The number of aromatic nitrogens is 2. The van der Waals surface area contributed by atoms with Crippen LogP contribution in [0.4, 0.5) is 0 Å². The van der Waals surface area contributed by atoms with Crippen LogP contribution in [0.25, 0.3) is 0 Å². The van der Waals surface area contributed by atoms with Crippen molar-refractivity contribution in [1.82, 2.24) is 9.97 Å². The number of imidazole rings is 1. The van der Waals surface area contributed by atoms with E-state index in [4.69, 9.17) is 5.26 Å². The van der Waals surface area contributed by atoms with Crippen LogP contribution in [0.1, 0.15) is 0 Å². The van der Waals surface area contributed by atoms with Crippen LogP contribution < -0.4 is 5.73 Å². The van der Waals surface area contributed by atoms with E-state index in [-0.39, 0.29) is 0 Å². The van der Waals surface area contributed by atoms with Gasteiger partial charge in [0.25, 0.3) is 0 Å². The number of aromatic amines is 1. The molecule has 0 aliphatic rings. The van der Waals surface area contributed by atoms with Crippen molar-refractivity contribution in [3.8, 4) is 6.19 Å². The molecule has 1 aromatic heterocycles. The molecule has 0 saturated heterocycles. The van der Waals surface area contributed by atoms with Gasteiger partial charge in [0.05, 0.1) is 6.33 Å². The lowest BCUT2D eigenvalue weighted by atomic mass is 11.0. The van der Waals surface area contributed by atoms with Crippen LogP contribution in [-0.4, -0.2) is 9.97 Å². The number of rotatable bonds is 0. The molecule has 4 nitrogen and oxygen atoms in total. The minimum atomic E-state index is 1.25. The second-order valence-corrected chi connectivity index (χ2v) is 0.890. The van der Waals surface area contributed by atoms with Gasteiger partial charge >= 0.3 is 0 Å². The fraction of sp³-hybridized carbons (Fsp3) is 0. The molecule has 0 bridgehead atoms. The Balaban J connectivity index is 0.000000145. The summed E-state index contributed by atoms with van der Waals surface area (Å²) in [4.78, 5) is 6.42. The van der Waals surface area contributed by atoms with Gasteiger partial charge in [-0.05, 0) is 0 Å². The van der Waals surface area contributed by atoms with Gasteiger partial charge in [-0.2, -0.15) is 5.26 Å². The lowest BCUT2D eigenvalue weighted by Gasteiger charge is -1.46. The standard InChI is InChI=1S/C3H4N2.CH2N2/c1-2-5-3-4-1;2-1-3/h1-3H,(H,4,5);2H2. The molecule has 1 heterocycles. The maximum atomic E-state index is 7.10. The van der Waals surface area contributed by atoms with Gasteiger partial charge in [-0.1, -0.05) is 0 Å². The summed E-state index contributed by atoms with van der Waals surface area (Å²) in [6.07, 6.45) is 6.33. The van der Waals surface area contributed by atoms with Gasteiger partial charge in [0.15, 0.2) is 6.19 Å². The third-order valence-electron chi connectivity index (χ3n) is 0.406. The number of nitrogens with one attached hydrogen (secondary N) is 1. The smallest absolute Gasteiger partial charge is 0.173 e. The monoisotopic (exact) mass is 110 g/mol. The molecule has 3 N–H and O–H groups in total. The molecule has 0 saturated carbocycles. The highest BCUT2D eigenvalue weighted by Gasteiger charge is 1.56. The third-order valence-corrected chi connectivity index (χ3v) is 0.406. The molecule has 0 unspecified atom stereocenters. The summed E-state index contributed by atoms with van der Waals surface area (Å²) < 4.78 is 0. The molecule has 0 fully saturated rings. The molecular formula is C4H6N4. The number of H-pyrrole nitrogens is 1. The maximum absolute atomic E-state index is 7.10. The fourth-order valence-corrected chi connectivity index (χ4v) is 0.215. The molecule has 1 aromatic rings. The van der Waals surface area contributed by atoms with Gasteiger partial charge in [-0.15, -0.1) is 0 Å². The minimum absolute atomic E-state index is 1.25. The topological polar surface area (TPSA) is 78.5 Å². The van der Waals surface area contributed by atoms with Gasteiger partial charge in [-0.25, -0.2) is 4.98 Å². The molecule has 0 spiro atoms. The average molecular weight is 110 g/mol. The Kier molecular flexibility index (Phi) is 4.47. The predicted molar refractivity (Wildman–Crippen MR) is 28.4 cm³/mol. The highest BCUT2D eigenvalue weighted by molar-refractivity contribution is 4.64. The maximum Gasteiger partial charge on any atom is 0.173 e. The fourth-order valence-electron chi connectivity index (χ4n) is 0.215. The second kappa shape index (κ2) is 5.50. The first-order valence-corrected chi connectivity index (χ1v) is 1.94. The minimum Gasteiger partial charge on any atom is -0.351 e. The largest absolute Gasteiger partial charge is 0.351 e. The normalized spacial score (nSPS) is 5.88. The Morgan fingerprint density at radius 3 is 2.50 bits per heavy atom. The highest BCUT2D eigenvalue weighted by Crippen LogP contribution is 1.62. The van der Waals surface area contributed by atoms with Crippen molar-refractivity contribution in [3.63, 3.8) is 0 Å². The lowest BCUT2D eigenvalue weighted by Crippen LogP contribution is -1.69.